The van der Waals surface area contributed by atoms with E-state index in [9.17, 15) is 16.8 Å². The summed E-state index contributed by atoms with van der Waals surface area (Å²) >= 11 is 0. The van der Waals surface area contributed by atoms with E-state index in [4.69, 9.17) is 0 Å². The first-order chi connectivity index (χ1) is 15.2. The van der Waals surface area contributed by atoms with Crippen LogP contribution in [0.2, 0.25) is 0 Å². The molecule has 32 heavy (non-hydrogen) atoms. The van der Waals surface area contributed by atoms with Gasteiger partial charge in [0.15, 0.2) is 0 Å². The van der Waals surface area contributed by atoms with Crippen molar-refractivity contribution in [1.29, 1.82) is 0 Å². The highest BCUT2D eigenvalue weighted by Gasteiger charge is 2.27. The second-order valence-electron chi connectivity index (χ2n) is 7.22. The average Bonchev–Trinajstić information content (AvgIpc) is 2.83. The van der Waals surface area contributed by atoms with Crippen molar-refractivity contribution in [3.05, 3.63) is 97.1 Å². The van der Waals surface area contributed by atoms with Gasteiger partial charge in [-0.15, -0.1) is 0 Å². The Bertz CT molecular complexity index is 1360. The molecule has 0 radical (unpaired) electrons. The lowest BCUT2D eigenvalue weighted by Gasteiger charge is -2.22. The number of hydrogen-bond donors (Lipinski definition) is 0. The lowest BCUT2D eigenvalue weighted by atomic mass is 10.1. The first-order valence-corrected chi connectivity index (χ1v) is 12.7. The molecule has 6 nitrogen and oxygen atoms in total. The van der Waals surface area contributed by atoms with Crippen LogP contribution in [0.1, 0.15) is 0 Å². The summed E-state index contributed by atoms with van der Waals surface area (Å²) in [5, 5.41) is 0.690. The molecule has 0 fully saturated rings. The quantitative estimate of drug-likeness (QED) is 0.420. The molecule has 164 valence electrons. The third kappa shape index (κ3) is 3.72. The lowest BCUT2D eigenvalue weighted by Crippen LogP contribution is -2.27. The van der Waals surface area contributed by atoms with E-state index in [-0.39, 0.29) is 9.79 Å². The monoisotopic (exact) mass is 466 g/mol. The van der Waals surface area contributed by atoms with E-state index >= 15 is 0 Å². The van der Waals surface area contributed by atoms with Gasteiger partial charge in [0.25, 0.3) is 20.0 Å². The fourth-order valence-corrected chi connectivity index (χ4v) is 6.35. The molecular formula is C24H22N2O4S2. The summed E-state index contributed by atoms with van der Waals surface area (Å²) in [5.74, 6) is 0. The van der Waals surface area contributed by atoms with Crippen LogP contribution in [0.3, 0.4) is 0 Å². The zero-order valence-corrected chi connectivity index (χ0v) is 19.2. The van der Waals surface area contributed by atoms with Gasteiger partial charge in [0.2, 0.25) is 0 Å². The summed E-state index contributed by atoms with van der Waals surface area (Å²) in [6.45, 7) is 0. The third-order valence-corrected chi connectivity index (χ3v) is 9.05. The maximum atomic E-state index is 13.4. The summed E-state index contributed by atoms with van der Waals surface area (Å²) in [7, 11) is -4.90. The molecule has 0 aliphatic carbocycles. The molecule has 0 aliphatic rings. The van der Waals surface area contributed by atoms with Gasteiger partial charge in [-0.1, -0.05) is 60.7 Å². The number of fused-ring (bicyclic) bond motifs is 1. The fourth-order valence-electron chi connectivity index (χ4n) is 3.55. The van der Waals surface area contributed by atoms with E-state index in [2.05, 4.69) is 0 Å². The maximum Gasteiger partial charge on any atom is 0.264 e. The molecular weight excluding hydrogens is 444 g/mol. The Kier molecular flexibility index (Phi) is 5.66. The highest BCUT2D eigenvalue weighted by atomic mass is 32.2. The van der Waals surface area contributed by atoms with E-state index in [0.717, 1.165) is 0 Å². The summed E-state index contributed by atoms with van der Waals surface area (Å²) in [6.07, 6.45) is 0. The summed E-state index contributed by atoms with van der Waals surface area (Å²) in [4.78, 5) is 0.0848. The van der Waals surface area contributed by atoms with Gasteiger partial charge in [-0.25, -0.2) is 16.8 Å². The molecule has 0 spiro atoms. The van der Waals surface area contributed by atoms with Crippen LogP contribution in [0.5, 0.6) is 0 Å². The normalized spacial score (nSPS) is 11.9. The number of sulfonamides is 2. The van der Waals surface area contributed by atoms with E-state index in [1.54, 1.807) is 72.8 Å². The van der Waals surface area contributed by atoms with Crippen molar-refractivity contribution in [3.63, 3.8) is 0 Å². The standard InChI is InChI=1S/C24H22N2O4S2/c1-25(19-11-5-3-6-12-19)31(27,28)23-17-9-16-22-21(23)15-10-18-24(22)32(29,30)26(2)20-13-7-4-8-14-20/h3-18H,1-2H3. The second kappa shape index (κ2) is 8.29. The molecule has 0 bridgehead atoms. The van der Waals surface area contributed by atoms with E-state index in [1.807, 2.05) is 12.1 Å². The van der Waals surface area contributed by atoms with Gasteiger partial charge in [0.1, 0.15) is 0 Å². The van der Waals surface area contributed by atoms with Gasteiger partial charge in [-0.2, -0.15) is 0 Å². The van der Waals surface area contributed by atoms with E-state index in [1.165, 1.54) is 34.8 Å². The highest BCUT2D eigenvalue weighted by Crippen LogP contribution is 2.33. The number of para-hydroxylation sites is 2. The van der Waals surface area contributed by atoms with Crippen LogP contribution in [0.4, 0.5) is 11.4 Å². The molecule has 8 heteroatoms. The summed E-state index contributed by atoms with van der Waals surface area (Å²) < 4.78 is 56.1. The minimum Gasteiger partial charge on any atom is -0.269 e. The van der Waals surface area contributed by atoms with E-state index in [0.29, 0.717) is 22.1 Å². The largest absolute Gasteiger partial charge is 0.269 e. The van der Waals surface area contributed by atoms with Crippen molar-refractivity contribution in [3.8, 4) is 0 Å². The SMILES string of the molecule is CN(c1ccccc1)S(=O)(=O)c1cccc2c(S(=O)(=O)N(C)c3ccccc3)cccc12. The number of benzene rings is 4. The molecule has 0 atom stereocenters. The topological polar surface area (TPSA) is 74.8 Å². The van der Waals surface area contributed by atoms with Crippen LogP contribution in [-0.4, -0.2) is 30.9 Å². The Morgan fingerprint density at radius 2 is 0.812 bits per heavy atom. The van der Waals surface area contributed by atoms with Gasteiger partial charge >= 0.3 is 0 Å². The van der Waals surface area contributed by atoms with Crippen molar-refractivity contribution in [2.45, 2.75) is 9.79 Å². The van der Waals surface area contributed by atoms with Crippen LogP contribution in [0.15, 0.2) is 107 Å². The van der Waals surface area contributed by atoms with Crippen LogP contribution in [0, 0.1) is 0 Å². The van der Waals surface area contributed by atoms with Crippen molar-refractivity contribution < 1.29 is 16.8 Å². The molecule has 0 saturated heterocycles. The Morgan fingerprint density at radius 1 is 0.469 bits per heavy atom. The first-order valence-electron chi connectivity index (χ1n) is 9.84. The smallest absolute Gasteiger partial charge is 0.264 e. The molecule has 0 unspecified atom stereocenters. The Hall–Kier alpha value is -3.36. The Balaban J connectivity index is 1.87. The number of nitrogens with zero attached hydrogens (tertiary/aromatic N) is 2. The molecule has 4 rings (SSSR count). The van der Waals surface area contributed by atoms with Crippen LogP contribution < -0.4 is 8.61 Å². The van der Waals surface area contributed by atoms with Gasteiger partial charge in [-0.05, 0) is 36.4 Å². The van der Waals surface area contributed by atoms with Crippen LogP contribution in [0.25, 0.3) is 10.8 Å². The van der Waals surface area contributed by atoms with Gasteiger partial charge in [-0.3, -0.25) is 8.61 Å². The molecule has 0 amide bonds. The fraction of sp³-hybridized carbons (Fsp3) is 0.0833. The van der Waals surface area contributed by atoms with Gasteiger partial charge in [0.05, 0.1) is 21.2 Å². The van der Waals surface area contributed by atoms with Crippen LogP contribution in [-0.2, 0) is 20.0 Å². The minimum atomic E-state index is -3.93. The van der Waals surface area contributed by atoms with Crippen LogP contribution >= 0.6 is 0 Å². The average molecular weight is 467 g/mol. The maximum absolute atomic E-state index is 13.4. The van der Waals surface area contributed by atoms with Gasteiger partial charge in [0, 0.05) is 24.9 Å². The predicted octanol–water partition coefficient (Wildman–Crippen LogP) is 4.49. The zero-order valence-electron chi connectivity index (χ0n) is 17.6. The summed E-state index contributed by atoms with van der Waals surface area (Å²) in [6, 6.07) is 26.8. The lowest BCUT2D eigenvalue weighted by molar-refractivity contribution is 0.593. The Morgan fingerprint density at radius 3 is 1.16 bits per heavy atom. The van der Waals surface area contributed by atoms with Crippen molar-refractivity contribution in [1.82, 2.24) is 0 Å². The van der Waals surface area contributed by atoms with Crippen molar-refractivity contribution >= 4 is 42.2 Å². The van der Waals surface area contributed by atoms with Gasteiger partial charge < -0.3 is 0 Å². The number of hydrogen-bond acceptors (Lipinski definition) is 4. The van der Waals surface area contributed by atoms with Crippen molar-refractivity contribution in [2.75, 3.05) is 22.7 Å². The molecule has 0 N–H and O–H groups in total. The van der Waals surface area contributed by atoms with Crippen molar-refractivity contribution in [2.24, 2.45) is 0 Å². The Labute approximate surface area is 188 Å². The number of rotatable bonds is 6. The van der Waals surface area contributed by atoms with E-state index < -0.39 is 20.0 Å². The minimum absolute atomic E-state index is 0.0424. The second-order valence-corrected chi connectivity index (χ2v) is 11.1. The molecule has 0 saturated carbocycles. The summed E-state index contributed by atoms with van der Waals surface area (Å²) in [5.41, 5.74) is 1.02. The predicted molar refractivity (Wildman–Crippen MR) is 128 cm³/mol. The molecule has 4 aromatic carbocycles. The number of anilines is 2. The molecule has 0 aromatic heterocycles. The molecule has 0 heterocycles. The highest BCUT2D eigenvalue weighted by molar-refractivity contribution is 7.93. The molecule has 4 aromatic rings. The first kappa shape index (κ1) is 21.9. The zero-order chi connectivity index (χ0) is 22.9. The molecule has 0 aliphatic heterocycles. The third-order valence-electron chi connectivity index (χ3n) is 5.36.